The van der Waals surface area contributed by atoms with Crippen molar-refractivity contribution in [2.24, 2.45) is 11.8 Å². The Hall–Kier alpha value is -6.22. The third kappa shape index (κ3) is 6.40. The van der Waals surface area contributed by atoms with Crippen LogP contribution >= 0.6 is 23.2 Å². The van der Waals surface area contributed by atoms with Crippen LogP contribution in [0.15, 0.2) is 146 Å². The predicted molar refractivity (Wildman–Crippen MR) is 251 cm³/mol. The molecule has 0 unspecified atom stereocenters. The number of hydrogen-bond acceptors (Lipinski definition) is 4. The van der Waals surface area contributed by atoms with Gasteiger partial charge in [-0.05, 0) is 119 Å². The van der Waals surface area contributed by atoms with E-state index in [1.165, 1.54) is 0 Å². The van der Waals surface area contributed by atoms with E-state index in [-0.39, 0.29) is 45.6 Å². The van der Waals surface area contributed by atoms with Crippen molar-refractivity contribution in [2.45, 2.75) is 75.3 Å². The first-order chi connectivity index (χ1) is 30.6. The van der Waals surface area contributed by atoms with Gasteiger partial charge in [0.15, 0.2) is 0 Å². The molecule has 324 valence electrons. The largest absolute Gasteiger partial charge is 0.478 e. The van der Waals surface area contributed by atoms with Crippen molar-refractivity contribution < 1.29 is 29.4 Å². The first kappa shape index (κ1) is 43.1. The van der Waals surface area contributed by atoms with Crippen LogP contribution in [0.25, 0.3) is 0 Å². The zero-order chi connectivity index (χ0) is 45.3. The number of nitrogens with zero attached hydrogens (tertiary/aromatic N) is 2. The van der Waals surface area contributed by atoms with E-state index >= 15 is 0 Å². The number of anilines is 2. The molecule has 2 aliphatic carbocycles. The second kappa shape index (κ2) is 15.8. The molecule has 10 heteroatoms. The number of para-hydroxylation sites is 2. The van der Waals surface area contributed by atoms with Crippen molar-refractivity contribution in [1.29, 1.82) is 0 Å². The van der Waals surface area contributed by atoms with Gasteiger partial charge in [0, 0.05) is 32.3 Å². The molecule has 2 amide bonds. The summed E-state index contributed by atoms with van der Waals surface area (Å²) in [5, 5.41) is 20.1. The number of carbonyl (C=O) groups excluding carboxylic acids is 2. The first-order valence-corrected chi connectivity index (χ1v) is 22.4. The molecule has 2 heterocycles. The quantitative estimate of drug-likeness (QED) is 0.142. The van der Waals surface area contributed by atoms with Crippen LogP contribution in [0.3, 0.4) is 0 Å². The molecule has 10 rings (SSSR count). The Morgan fingerprint density at radius 1 is 0.531 bits per heavy atom. The van der Waals surface area contributed by atoms with Gasteiger partial charge in [-0.2, -0.15) is 0 Å². The number of aromatic carboxylic acids is 2. The highest BCUT2D eigenvalue weighted by atomic mass is 35.5. The summed E-state index contributed by atoms with van der Waals surface area (Å²) in [6.45, 7) is 9.36. The SMILES string of the molecule is CC(C)[C@@]1(c2cccc(Cl)c2)C[C@@]12C(=O)N(Cc1cccc(C(=O)O)c1)c1ccccc12.CC(C)[C@]1(c2cccc(Cl)c2)C[C@]12C(=O)N(Cc1cccc(C(=O)O)c1)c1ccccc12. The molecule has 6 aromatic rings. The molecule has 2 aliphatic heterocycles. The maximum atomic E-state index is 14.1. The van der Waals surface area contributed by atoms with Crippen LogP contribution < -0.4 is 9.80 Å². The fourth-order valence-electron chi connectivity index (χ4n) is 11.6. The molecule has 4 atom stereocenters. The Morgan fingerprint density at radius 2 is 0.906 bits per heavy atom. The molecule has 2 fully saturated rings. The summed E-state index contributed by atoms with van der Waals surface area (Å²) in [5.74, 6) is -1.33. The van der Waals surface area contributed by atoms with Crippen molar-refractivity contribution in [2.75, 3.05) is 9.80 Å². The van der Waals surface area contributed by atoms with Gasteiger partial charge in [-0.15, -0.1) is 0 Å². The minimum Gasteiger partial charge on any atom is -0.478 e. The van der Waals surface area contributed by atoms with Crippen molar-refractivity contribution in [3.8, 4) is 0 Å². The van der Waals surface area contributed by atoms with Gasteiger partial charge in [-0.25, -0.2) is 9.59 Å². The third-order valence-corrected chi connectivity index (χ3v) is 15.0. The smallest absolute Gasteiger partial charge is 0.335 e. The van der Waals surface area contributed by atoms with Gasteiger partial charge in [-0.1, -0.05) is 136 Å². The molecular weight excluding hydrogens is 844 g/mol. The van der Waals surface area contributed by atoms with Gasteiger partial charge in [0.25, 0.3) is 0 Å². The lowest BCUT2D eigenvalue weighted by Gasteiger charge is -2.27. The van der Waals surface area contributed by atoms with E-state index in [9.17, 15) is 29.4 Å². The molecule has 0 aromatic heterocycles. The summed E-state index contributed by atoms with van der Waals surface area (Å²) in [5.41, 5.74) is 6.21. The number of halogens is 2. The lowest BCUT2D eigenvalue weighted by molar-refractivity contribution is -0.121. The number of benzene rings is 6. The Labute approximate surface area is 383 Å². The molecule has 2 spiro atoms. The summed E-state index contributed by atoms with van der Waals surface area (Å²) >= 11 is 12.7. The topological polar surface area (TPSA) is 115 Å². The van der Waals surface area contributed by atoms with E-state index in [1.807, 2.05) is 94.7 Å². The van der Waals surface area contributed by atoms with E-state index in [4.69, 9.17) is 23.2 Å². The summed E-state index contributed by atoms with van der Waals surface area (Å²) in [6.07, 6.45) is 1.47. The van der Waals surface area contributed by atoms with E-state index in [1.54, 1.807) is 36.4 Å². The lowest BCUT2D eigenvalue weighted by atomic mass is 9.75. The fraction of sp³-hybridized carbons (Fsp3) is 0.259. The summed E-state index contributed by atoms with van der Waals surface area (Å²) in [7, 11) is 0. The zero-order valence-corrected chi connectivity index (χ0v) is 37.5. The standard InChI is InChI=1S/2C27H24ClNO3/c2*1-17(2)26(20-9-6-10-21(28)14-20)16-27(26)22-11-3-4-12-23(22)29(25(27)32)15-18-7-5-8-19(13-18)24(30)31/h2*3-14,17H,15-16H2,1-2H3,(H,30,31)/t2*26-,27-/m10/s1. The molecular formula is C54H48Cl2N2O6. The Kier molecular flexibility index (Phi) is 10.6. The first-order valence-electron chi connectivity index (χ1n) is 21.6. The normalized spacial score (nSPS) is 23.6. The molecule has 0 bridgehead atoms. The Bertz CT molecular complexity index is 2700. The third-order valence-electron chi connectivity index (χ3n) is 14.6. The second-order valence-electron chi connectivity index (χ2n) is 18.3. The highest BCUT2D eigenvalue weighted by Gasteiger charge is 2.79. The van der Waals surface area contributed by atoms with Crippen LogP contribution in [0.4, 0.5) is 11.4 Å². The molecule has 64 heavy (non-hydrogen) atoms. The van der Waals surface area contributed by atoms with Crippen LogP contribution in [-0.4, -0.2) is 34.0 Å². The van der Waals surface area contributed by atoms with E-state index < -0.39 is 22.8 Å². The van der Waals surface area contributed by atoms with Gasteiger partial charge in [0.2, 0.25) is 11.8 Å². The van der Waals surface area contributed by atoms with Crippen molar-refractivity contribution in [1.82, 2.24) is 0 Å². The van der Waals surface area contributed by atoms with E-state index in [2.05, 4.69) is 52.0 Å². The van der Waals surface area contributed by atoms with Crippen molar-refractivity contribution in [3.05, 3.63) is 200 Å². The van der Waals surface area contributed by atoms with Crippen LogP contribution in [0, 0.1) is 11.8 Å². The Balaban J connectivity index is 0.000000162. The van der Waals surface area contributed by atoms with E-state index in [0.29, 0.717) is 23.1 Å². The number of hydrogen-bond donors (Lipinski definition) is 2. The maximum absolute atomic E-state index is 14.1. The molecule has 8 nitrogen and oxygen atoms in total. The van der Waals surface area contributed by atoms with Crippen LogP contribution in [0.1, 0.15) is 94.6 Å². The predicted octanol–water partition coefficient (Wildman–Crippen LogP) is 11.6. The summed E-state index contributed by atoms with van der Waals surface area (Å²) < 4.78 is 0. The number of carboxylic acid groups (broad SMARTS) is 2. The average molecular weight is 892 g/mol. The molecule has 0 saturated heterocycles. The average Bonchev–Trinajstić information content (AvgIpc) is 4.16. The van der Waals surface area contributed by atoms with Gasteiger partial charge in [0.1, 0.15) is 0 Å². The van der Waals surface area contributed by atoms with Gasteiger partial charge in [-0.3, -0.25) is 9.59 Å². The number of rotatable bonds is 10. The molecule has 4 aliphatic rings. The molecule has 2 N–H and O–H groups in total. The Morgan fingerprint density at radius 3 is 1.27 bits per heavy atom. The fourth-order valence-corrected chi connectivity index (χ4v) is 12.0. The van der Waals surface area contributed by atoms with Crippen molar-refractivity contribution in [3.63, 3.8) is 0 Å². The minimum atomic E-state index is -0.974. The van der Waals surface area contributed by atoms with Crippen LogP contribution in [0.5, 0.6) is 0 Å². The molecule has 2 saturated carbocycles. The number of carbonyl (C=O) groups is 4. The maximum Gasteiger partial charge on any atom is 0.335 e. The van der Waals surface area contributed by atoms with E-state index in [0.717, 1.165) is 57.6 Å². The number of amides is 2. The highest BCUT2D eigenvalue weighted by Crippen LogP contribution is 2.74. The minimum absolute atomic E-state index is 0.0769. The van der Waals surface area contributed by atoms with Gasteiger partial charge < -0.3 is 20.0 Å². The second-order valence-corrected chi connectivity index (χ2v) is 19.1. The summed E-state index contributed by atoms with van der Waals surface area (Å²) in [6, 6.07) is 45.4. The monoisotopic (exact) mass is 890 g/mol. The van der Waals surface area contributed by atoms with Gasteiger partial charge in [0.05, 0.1) is 35.0 Å². The number of fused-ring (bicyclic) bond motifs is 4. The van der Waals surface area contributed by atoms with Crippen molar-refractivity contribution >= 4 is 58.3 Å². The highest BCUT2D eigenvalue weighted by molar-refractivity contribution is 6.31. The van der Waals surface area contributed by atoms with Crippen LogP contribution in [-0.2, 0) is 44.3 Å². The lowest BCUT2D eigenvalue weighted by Crippen LogP contribution is -2.38. The number of carboxylic acids is 2. The summed E-state index contributed by atoms with van der Waals surface area (Å²) in [4.78, 5) is 54.7. The zero-order valence-electron chi connectivity index (χ0n) is 36.0. The molecule has 0 radical (unpaired) electrons. The van der Waals surface area contributed by atoms with Gasteiger partial charge >= 0.3 is 11.9 Å². The molecule has 6 aromatic carbocycles. The van der Waals surface area contributed by atoms with Crippen LogP contribution in [0.2, 0.25) is 10.0 Å².